The Labute approximate surface area is 106 Å². The fourth-order valence-corrected chi connectivity index (χ4v) is 1.51. The second-order valence-electron chi connectivity index (χ2n) is 4.03. The van der Waals surface area contributed by atoms with Gasteiger partial charge in [0, 0.05) is 26.0 Å². The molecule has 0 amide bonds. The summed E-state index contributed by atoms with van der Waals surface area (Å²) in [7, 11) is 1.68. The Morgan fingerprint density at radius 1 is 1.44 bits per heavy atom. The maximum atomic E-state index is 5.17. The molecule has 6 nitrogen and oxygen atoms in total. The van der Waals surface area contributed by atoms with Crippen LogP contribution in [0.3, 0.4) is 0 Å². The molecule has 0 saturated heterocycles. The summed E-state index contributed by atoms with van der Waals surface area (Å²) in [4.78, 5) is 12.8. The molecule has 18 heavy (non-hydrogen) atoms. The molecule has 0 saturated carbocycles. The minimum absolute atomic E-state index is 0.130. The summed E-state index contributed by atoms with van der Waals surface area (Å²) >= 11 is 0. The number of rotatable bonds is 5. The predicted molar refractivity (Wildman–Crippen MR) is 68.9 cm³/mol. The van der Waals surface area contributed by atoms with Gasteiger partial charge in [-0.25, -0.2) is 9.97 Å². The number of imidazole rings is 1. The lowest BCUT2D eigenvalue weighted by Crippen LogP contribution is -2.19. The molecule has 0 aliphatic heterocycles. The molecule has 6 heteroatoms. The van der Waals surface area contributed by atoms with E-state index in [9.17, 15) is 0 Å². The van der Waals surface area contributed by atoms with E-state index < -0.39 is 0 Å². The zero-order chi connectivity index (χ0) is 13.0. The van der Waals surface area contributed by atoms with Gasteiger partial charge in [-0.3, -0.25) is 9.55 Å². The number of methoxy groups -OCH3 is 1. The first-order chi connectivity index (χ1) is 8.70. The number of hydrogen-bond acceptors (Lipinski definition) is 5. The molecule has 2 rings (SSSR count). The van der Waals surface area contributed by atoms with Crippen molar-refractivity contribution in [1.82, 2.24) is 19.5 Å². The van der Waals surface area contributed by atoms with E-state index in [1.165, 1.54) is 0 Å². The molecule has 1 atom stereocenters. The molecule has 2 aromatic rings. The number of anilines is 1. The second kappa shape index (κ2) is 5.59. The van der Waals surface area contributed by atoms with Crippen LogP contribution in [0.5, 0.6) is 0 Å². The molecule has 0 aliphatic carbocycles. The lowest BCUT2D eigenvalue weighted by molar-refractivity contribution is 0.128. The summed E-state index contributed by atoms with van der Waals surface area (Å²) in [5.41, 5.74) is 0. The van der Waals surface area contributed by atoms with Crippen molar-refractivity contribution in [3.8, 4) is 5.82 Å². The van der Waals surface area contributed by atoms with E-state index in [1.54, 1.807) is 25.7 Å². The predicted octanol–water partition coefficient (Wildman–Crippen LogP) is 1.42. The van der Waals surface area contributed by atoms with Crippen molar-refractivity contribution < 1.29 is 4.74 Å². The minimum Gasteiger partial charge on any atom is -0.380 e. The quantitative estimate of drug-likeness (QED) is 0.865. The van der Waals surface area contributed by atoms with Crippen LogP contribution < -0.4 is 5.32 Å². The fourth-order valence-electron chi connectivity index (χ4n) is 1.51. The monoisotopic (exact) mass is 247 g/mol. The summed E-state index contributed by atoms with van der Waals surface area (Å²) in [5.74, 6) is 2.36. The van der Waals surface area contributed by atoms with Gasteiger partial charge in [0.15, 0.2) is 5.82 Å². The van der Waals surface area contributed by atoms with Crippen LogP contribution >= 0.6 is 0 Å². The maximum absolute atomic E-state index is 5.17. The summed E-state index contributed by atoms with van der Waals surface area (Å²) in [6.07, 6.45) is 7.13. The lowest BCUT2D eigenvalue weighted by atomic mass is 10.4. The lowest BCUT2D eigenvalue weighted by Gasteiger charge is -2.12. The first-order valence-electron chi connectivity index (χ1n) is 5.79. The van der Waals surface area contributed by atoms with E-state index in [4.69, 9.17) is 4.74 Å². The van der Waals surface area contributed by atoms with Gasteiger partial charge in [-0.2, -0.15) is 0 Å². The van der Waals surface area contributed by atoms with E-state index >= 15 is 0 Å². The first-order valence-corrected chi connectivity index (χ1v) is 5.79. The molecule has 2 heterocycles. The zero-order valence-corrected chi connectivity index (χ0v) is 10.8. The Hall–Kier alpha value is -1.95. The Morgan fingerprint density at radius 3 is 2.94 bits per heavy atom. The number of nitrogens with one attached hydrogen (secondary N) is 1. The van der Waals surface area contributed by atoms with E-state index in [-0.39, 0.29) is 6.10 Å². The van der Waals surface area contributed by atoms with Crippen LogP contribution in [-0.2, 0) is 4.74 Å². The van der Waals surface area contributed by atoms with Crippen LogP contribution in [0.1, 0.15) is 12.7 Å². The van der Waals surface area contributed by atoms with Crippen molar-refractivity contribution in [2.75, 3.05) is 19.0 Å². The third kappa shape index (κ3) is 2.84. The van der Waals surface area contributed by atoms with E-state index in [2.05, 4.69) is 20.3 Å². The average molecular weight is 247 g/mol. The van der Waals surface area contributed by atoms with Crippen molar-refractivity contribution >= 4 is 5.82 Å². The highest BCUT2D eigenvalue weighted by atomic mass is 16.5. The van der Waals surface area contributed by atoms with Gasteiger partial charge in [0.25, 0.3) is 0 Å². The number of aryl methyl sites for hydroxylation is 1. The van der Waals surface area contributed by atoms with E-state index in [1.807, 2.05) is 24.6 Å². The van der Waals surface area contributed by atoms with Gasteiger partial charge in [-0.15, -0.1) is 0 Å². The SMILES string of the molecule is COC(C)CNc1cncc(-n2ccnc2C)n1. The van der Waals surface area contributed by atoms with Crippen LogP contribution in [0.2, 0.25) is 0 Å². The molecular weight excluding hydrogens is 230 g/mol. The topological polar surface area (TPSA) is 64.9 Å². The Kier molecular flexibility index (Phi) is 3.88. The number of nitrogens with zero attached hydrogens (tertiary/aromatic N) is 4. The third-order valence-corrected chi connectivity index (χ3v) is 2.67. The standard InChI is InChI=1S/C12H17N5O/c1-9(18-3)6-15-11-7-13-8-12(16-11)17-5-4-14-10(17)2/h4-5,7-9H,6H2,1-3H3,(H,15,16). The highest BCUT2D eigenvalue weighted by Crippen LogP contribution is 2.09. The molecule has 96 valence electrons. The molecule has 0 aromatic carbocycles. The highest BCUT2D eigenvalue weighted by Gasteiger charge is 2.05. The molecular formula is C12H17N5O. The maximum Gasteiger partial charge on any atom is 0.159 e. The van der Waals surface area contributed by atoms with Crippen LogP contribution in [0.15, 0.2) is 24.8 Å². The summed E-state index contributed by atoms with van der Waals surface area (Å²) in [6, 6.07) is 0. The van der Waals surface area contributed by atoms with Gasteiger partial charge in [0.2, 0.25) is 0 Å². The van der Waals surface area contributed by atoms with Gasteiger partial charge in [-0.1, -0.05) is 0 Å². The van der Waals surface area contributed by atoms with Gasteiger partial charge >= 0.3 is 0 Å². The minimum atomic E-state index is 0.130. The van der Waals surface area contributed by atoms with Gasteiger partial charge in [-0.05, 0) is 13.8 Å². The number of aromatic nitrogens is 4. The van der Waals surface area contributed by atoms with Gasteiger partial charge in [0.05, 0.1) is 18.5 Å². The van der Waals surface area contributed by atoms with Crippen LogP contribution in [0.25, 0.3) is 5.82 Å². The van der Waals surface area contributed by atoms with E-state index in [0.717, 1.165) is 17.5 Å². The van der Waals surface area contributed by atoms with Crippen LogP contribution in [0.4, 0.5) is 5.82 Å². The average Bonchev–Trinajstić information content (AvgIpc) is 2.82. The normalized spacial score (nSPS) is 12.4. The van der Waals surface area contributed by atoms with E-state index in [0.29, 0.717) is 6.54 Å². The Bertz CT molecular complexity index is 511. The Balaban J connectivity index is 2.13. The van der Waals surface area contributed by atoms with Crippen LogP contribution in [-0.4, -0.2) is 39.3 Å². The first kappa shape index (κ1) is 12.5. The number of hydrogen-bond donors (Lipinski definition) is 1. The van der Waals surface area contributed by atoms with Crippen LogP contribution in [0, 0.1) is 6.92 Å². The molecule has 0 aliphatic rings. The van der Waals surface area contributed by atoms with Gasteiger partial charge in [0.1, 0.15) is 11.6 Å². The van der Waals surface area contributed by atoms with Gasteiger partial charge < -0.3 is 10.1 Å². The molecule has 0 radical (unpaired) electrons. The second-order valence-corrected chi connectivity index (χ2v) is 4.03. The Morgan fingerprint density at radius 2 is 2.28 bits per heavy atom. The van der Waals surface area contributed by atoms with Crippen molar-refractivity contribution in [3.05, 3.63) is 30.6 Å². The number of ether oxygens (including phenoxy) is 1. The molecule has 1 N–H and O–H groups in total. The summed E-state index contributed by atoms with van der Waals surface area (Å²) in [5, 5.41) is 3.18. The molecule has 0 spiro atoms. The smallest absolute Gasteiger partial charge is 0.159 e. The van der Waals surface area contributed by atoms with Crippen molar-refractivity contribution in [3.63, 3.8) is 0 Å². The fraction of sp³-hybridized carbons (Fsp3) is 0.417. The third-order valence-electron chi connectivity index (χ3n) is 2.67. The summed E-state index contributed by atoms with van der Waals surface area (Å²) in [6.45, 7) is 4.61. The highest BCUT2D eigenvalue weighted by molar-refractivity contribution is 5.36. The largest absolute Gasteiger partial charge is 0.380 e. The molecule has 2 aromatic heterocycles. The summed E-state index contributed by atoms with van der Waals surface area (Å²) < 4.78 is 7.05. The van der Waals surface area contributed by atoms with Crippen molar-refractivity contribution in [2.24, 2.45) is 0 Å². The molecule has 1 unspecified atom stereocenters. The van der Waals surface area contributed by atoms with Crippen molar-refractivity contribution in [2.45, 2.75) is 20.0 Å². The van der Waals surface area contributed by atoms with Crippen molar-refractivity contribution in [1.29, 1.82) is 0 Å². The molecule has 0 fully saturated rings. The molecule has 0 bridgehead atoms. The zero-order valence-electron chi connectivity index (χ0n) is 10.8.